The summed E-state index contributed by atoms with van der Waals surface area (Å²) in [4.78, 5) is 11.9. The van der Waals surface area contributed by atoms with Gasteiger partial charge in [-0.25, -0.2) is 0 Å². The second kappa shape index (κ2) is 4.92. The summed E-state index contributed by atoms with van der Waals surface area (Å²) in [5.41, 5.74) is 2.82. The van der Waals surface area contributed by atoms with Crippen LogP contribution in [-0.4, -0.2) is 11.9 Å². The fraction of sp³-hybridized carbons (Fsp3) is 0.357. The molecule has 0 bridgehead atoms. The van der Waals surface area contributed by atoms with Crippen molar-refractivity contribution in [1.29, 1.82) is 0 Å². The van der Waals surface area contributed by atoms with Crippen LogP contribution in [0, 0.1) is 0 Å². The van der Waals surface area contributed by atoms with Crippen LogP contribution in [0.2, 0.25) is 5.02 Å². The summed E-state index contributed by atoms with van der Waals surface area (Å²) in [5.74, 6) is 0.0416. The van der Waals surface area contributed by atoms with Gasteiger partial charge in [0.2, 0.25) is 5.91 Å². The van der Waals surface area contributed by atoms with E-state index in [1.54, 1.807) is 0 Å². The summed E-state index contributed by atoms with van der Waals surface area (Å²) in [6.45, 7) is 3.83. The Labute approximate surface area is 107 Å². The van der Waals surface area contributed by atoms with Crippen LogP contribution in [-0.2, 0) is 4.79 Å². The number of hydrogen-bond acceptors (Lipinski definition) is 1. The van der Waals surface area contributed by atoms with E-state index in [0.29, 0.717) is 11.1 Å². The molecule has 1 aromatic carbocycles. The first-order chi connectivity index (χ1) is 8.08. The molecule has 0 heterocycles. The van der Waals surface area contributed by atoms with Gasteiger partial charge in [0.05, 0.1) is 0 Å². The average Bonchev–Trinajstić information content (AvgIpc) is 3.12. The van der Waals surface area contributed by atoms with Crippen LogP contribution in [0.15, 0.2) is 29.8 Å². The van der Waals surface area contributed by atoms with Crippen molar-refractivity contribution in [2.45, 2.75) is 32.7 Å². The molecule has 0 atom stereocenters. The van der Waals surface area contributed by atoms with Crippen molar-refractivity contribution in [2.75, 3.05) is 0 Å². The number of rotatable bonds is 3. The molecule has 1 saturated carbocycles. The van der Waals surface area contributed by atoms with Crippen LogP contribution in [0.1, 0.15) is 32.3 Å². The van der Waals surface area contributed by atoms with Gasteiger partial charge in [-0.2, -0.15) is 0 Å². The summed E-state index contributed by atoms with van der Waals surface area (Å²) < 4.78 is 0. The molecule has 0 saturated heterocycles. The first-order valence-electron chi connectivity index (χ1n) is 5.82. The monoisotopic (exact) mass is 249 g/mol. The molecule has 2 nitrogen and oxygen atoms in total. The molecule has 1 aliphatic carbocycles. The Hall–Kier alpha value is -1.28. The zero-order valence-electron chi connectivity index (χ0n) is 10.1. The fourth-order valence-electron chi connectivity index (χ4n) is 1.61. The predicted molar refractivity (Wildman–Crippen MR) is 70.9 cm³/mol. The summed E-state index contributed by atoms with van der Waals surface area (Å²) in [7, 11) is 0. The highest BCUT2D eigenvalue weighted by Gasteiger charge is 2.24. The van der Waals surface area contributed by atoms with E-state index in [2.05, 4.69) is 5.32 Å². The smallest absolute Gasteiger partial charge is 0.247 e. The van der Waals surface area contributed by atoms with E-state index < -0.39 is 0 Å². The van der Waals surface area contributed by atoms with Crippen LogP contribution < -0.4 is 5.32 Å². The van der Waals surface area contributed by atoms with Gasteiger partial charge in [0.1, 0.15) is 0 Å². The molecule has 2 rings (SSSR count). The molecule has 1 aliphatic rings. The number of benzene rings is 1. The van der Waals surface area contributed by atoms with Gasteiger partial charge in [-0.15, -0.1) is 0 Å². The topological polar surface area (TPSA) is 29.1 Å². The van der Waals surface area contributed by atoms with Crippen LogP contribution in [0.5, 0.6) is 0 Å². The number of halogens is 1. The molecule has 0 radical (unpaired) electrons. The van der Waals surface area contributed by atoms with Gasteiger partial charge in [0, 0.05) is 16.6 Å². The Morgan fingerprint density at radius 1 is 1.24 bits per heavy atom. The highest BCUT2D eigenvalue weighted by molar-refractivity contribution is 6.30. The highest BCUT2D eigenvalue weighted by Crippen LogP contribution is 2.23. The lowest BCUT2D eigenvalue weighted by Crippen LogP contribution is -2.26. The van der Waals surface area contributed by atoms with Gasteiger partial charge in [-0.3, -0.25) is 4.79 Å². The van der Waals surface area contributed by atoms with Crippen LogP contribution in [0.4, 0.5) is 0 Å². The molecule has 0 aromatic heterocycles. The molecule has 3 heteroatoms. The molecule has 0 aliphatic heterocycles. The minimum atomic E-state index is 0.0416. The molecule has 1 aromatic rings. The highest BCUT2D eigenvalue weighted by atomic mass is 35.5. The van der Waals surface area contributed by atoms with Gasteiger partial charge < -0.3 is 5.32 Å². The molecule has 0 spiro atoms. The number of hydrogen-bond donors (Lipinski definition) is 1. The maximum absolute atomic E-state index is 11.9. The van der Waals surface area contributed by atoms with E-state index in [-0.39, 0.29) is 5.91 Å². The van der Waals surface area contributed by atoms with Crippen LogP contribution in [0.25, 0.3) is 5.57 Å². The van der Waals surface area contributed by atoms with Crippen molar-refractivity contribution in [2.24, 2.45) is 0 Å². The zero-order valence-corrected chi connectivity index (χ0v) is 10.8. The van der Waals surface area contributed by atoms with Crippen LogP contribution in [0.3, 0.4) is 0 Å². The quantitative estimate of drug-likeness (QED) is 0.818. The maximum atomic E-state index is 11.9. The number of carbonyl (C=O) groups excluding carboxylic acids is 1. The lowest BCUT2D eigenvalue weighted by Gasteiger charge is -2.08. The van der Waals surface area contributed by atoms with E-state index in [1.807, 2.05) is 38.1 Å². The predicted octanol–water partition coefficient (Wildman–Crippen LogP) is 3.41. The van der Waals surface area contributed by atoms with Crippen molar-refractivity contribution < 1.29 is 4.79 Å². The third-order valence-electron chi connectivity index (χ3n) is 3.09. The van der Waals surface area contributed by atoms with Gasteiger partial charge in [0.25, 0.3) is 0 Å². The van der Waals surface area contributed by atoms with Crippen molar-refractivity contribution in [1.82, 2.24) is 5.32 Å². The van der Waals surface area contributed by atoms with Gasteiger partial charge >= 0.3 is 0 Å². The first-order valence-corrected chi connectivity index (χ1v) is 6.20. The number of amides is 1. The molecule has 1 fully saturated rings. The molecule has 0 unspecified atom stereocenters. The van der Waals surface area contributed by atoms with E-state index >= 15 is 0 Å². The Morgan fingerprint density at radius 3 is 2.35 bits per heavy atom. The first kappa shape index (κ1) is 12.2. The largest absolute Gasteiger partial charge is 0.350 e. The summed E-state index contributed by atoms with van der Waals surface area (Å²) in [6, 6.07) is 7.95. The minimum Gasteiger partial charge on any atom is -0.350 e. The average molecular weight is 250 g/mol. The van der Waals surface area contributed by atoms with Gasteiger partial charge in [0.15, 0.2) is 0 Å². The van der Waals surface area contributed by atoms with E-state index in [9.17, 15) is 4.79 Å². The second-order valence-electron chi connectivity index (χ2n) is 4.50. The third-order valence-corrected chi connectivity index (χ3v) is 3.34. The third kappa shape index (κ3) is 3.10. The molecular weight excluding hydrogens is 234 g/mol. The number of nitrogens with one attached hydrogen (secondary N) is 1. The van der Waals surface area contributed by atoms with Crippen LogP contribution >= 0.6 is 11.6 Å². The Kier molecular flexibility index (Phi) is 3.53. The zero-order chi connectivity index (χ0) is 12.4. The van der Waals surface area contributed by atoms with Gasteiger partial charge in [-0.1, -0.05) is 23.7 Å². The number of allylic oxidation sites excluding steroid dienone is 1. The van der Waals surface area contributed by atoms with Crippen molar-refractivity contribution in [3.05, 3.63) is 40.4 Å². The van der Waals surface area contributed by atoms with Crippen molar-refractivity contribution in [3.63, 3.8) is 0 Å². The summed E-state index contributed by atoms with van der Waals surface area (Å²) in [6.07, 6.45) is 2.22. The van der Waals surface area contributed by atoms with E-state index in [1.165, 1.54) is 0 Å². The molecule has 1 N–H and O–H groups in total. The Bertz CT molecular complexity index is 458. The Balaban J connectivity index is 2.17. The maximum Gasteiger partial charge on any atom is 0.247 e. The number of carbonyl (C=O) groups is 1. The SMILES string of the molecule is C/C(C(=O)NC1CC1)=C(\C)c1ccc(Cl)cc1. The molecular formula is C14H16ClNO. The Morgan fingerprint density at radius 2 is 1.82 bits per heavy atom. The van der Waals surface area contributed by atoms with Crippen molar-refractivity contribution in [3.8, 4) is 0 Å². The minimum absolute atomic E-state index is 0.0416. The lowest BCUT2D eigenvalue weighted by molar-refractivity contribution is -0.117. The second-order valence-corrected chi connectivity index (χ2v) is 4.94. The molecule has 90 valence electrons. The standard InChI is InChI=1S/C14H16ClNO/c1-9(11-3-5-12(15)6-4-11)10(2)14(17)16-13-7-8-13/h3-6,13H,7-8H2,1-2H3,(H,16,17)/b10-9-. The van der Waals surface area contributed by atoms with E-state index in [4.69, 9.17) is 11.6 Å². The van der Waals surface area contributed by atoms with E-state index in [0.717, 1.165) is 29.6 Å². The summed E-state index contributed by atoms with van der Waals surface area (Å²) in [5, 5.41) is 3.70. The lowest BCUT2D eigenvalue weighted by atomic mass is 10.0. The summed E-state index contributed by atoms with van der Waals surface area (Å²) >= 11 is 5.84. The fourth-order valence-corrected chi connectivity index (χ4v) is 1.73. The molecule has 17 heavy (non-hydrogen) atoms. The normalized spacial score (nSPS) is 16.4. The van der Waals surface area contributed by atoms with Crippen molar-refractivity contribution >= 4 is 23.1 Å². The molecule has 1 amide bonds. The van der Waals surface area contributed by atoms with Gasteiger partial charge in [-0.05, 0) is 50.0 Å².